The number of amides is 2. The van der Waals surface area contributed by atoms with Gasteiger partial charge in [0.15, 0.2) is 0 Å². The van der Waals surface area contributed by atoms with Crippen LogP contribution in [-0.4, -0.2) is 34.7 Å². The van der Waals surface area contributed by atoms with Gasteiger partial charge in [-0.25, -0.2) is 0 Å². The van der Waals surface area contributed by atoms with E-state index < -0.39 is 11.8 Å². The molecule has 1 aromatic heterocycles. The molecule has 0 fully saturated rings. The zero-order chi connectivity index (χ0) is 19.8. The van der Waals surface area contributed by atoms with Gasteiger partial charge < -0.3 is 10.6 Å². The summed E-state index contributed by atoms with van der Waals surface area (Å²) in [5.41, 5.74) is 4.68. The number of carbonyl (C=O) groups is 2. The Morgan fingerprint density at radius 1 is 1.00 bits per heavy atom. The van der Waals surface area contributed by atoms with Crippen molar-refractivity contribution in [3.8, 4) is 11.1 Å². The average molecular weight is 380 g/mol. The van der Waals surface area contributed by atoms with Gasteiger partial charge in [-0.1, -0.05) is 35.9 Å². The molecule has 2 aromatic rings. The summed E-state index contributed by atoms with van der Waals surface area (Å²) in [6.07, 6.45) is 12.3. The molecular formula is C22H28N4O2. The molecule has 0 aliphatic heterocycles. The van der Waals surface area contributed by atoms with Gasteiger partial charge in [0.05, 0.1) is 6.20 Å². The van der Waals surface area contributed by atoms with E-state index in [-0.39, 0.29) is 0 Å². The minimum absolute atomic E-state index is 0.434. The molecule has 0 bridgehead atoms. The Morgan fingerprint density at radius 2 is 1.71 bits per heavy atom. The van der Waals surface area contributed by atoms with E-state index in [4.69, 9.17) is 0 Å². The second kappa shape index (κ2) is 9.88. The summed E-state index contributed by atoms with van der Waals surface area (Å²) in [6, 6.07) is 8.15. The topological polar surface area (TPSA) is 76.0 Å². The third-order valence-corrected chi connectivity index (χ3v) is 5.01. The van der Waals surface area contributed by atoms with Gasteiger partial charge in [-0.05, 0) is 49.7 Å². The standard InChI is InChI=1S/C22H28N4O2/c1-26-16-20(15-25-26)19-9-7-18(8-10-19)12-14-24-22(28)21(27)23-13-11-17-5-3-2-4-6-17/h5,7-10,15-16H,2-4,6,11-14H2,1H3,(H,23,27)(H,24,28). The third kappa shape index (κ3) is 5.81. The van der Waals surface area contributed by atoms with E-state index in [0.29, 0.717) is 19.5 Å². The molecule has 6 nitrogen and oxygen atoms in total. The van der Waals surface area contributed by atoms with Crippen molar-refractivity contribution < 1.29 is 9.59 Å². The van der Waals surface area contributed by atoms with Gasteiger partial charge in [-0.3, -0.25) is 14.3 Å². The van der Waals surface area contributed by atoms with Crippen molar-refractivity contribution in [3.05, 3.63) is 53.9 Å². The molecule has 0 unspecified atom stereocenters. The number of rotatable bonds is 7. The first-order valence-electron chi connectivity index (χ1n) is 9.94. The highest BCUT2D eigenvalue weighted by atomic mass is 16.2. The molecule has 1 aliphatic rings. The highest BCUT2D eigenvalue weighted by Crippen LogP contribution is 2.20. The molecule has 0 saturated carbocycles. The van der Waals surface area contributed by atoms with Crippen LogP contribution < -0.4 is 10.6 Å². The summed E-state index contributed by atoms with van der Waals surface area (Å²) < 4.78 is 1.77. The van der Waals surface area contributed by atoms with Crippen LogP contribution in [-0.2, 0) is 23.1 Å². The van der Waals surface area contributed by atoms with Crippen molar-refractivity contribution in [2.75, 3.05) is 13.1 Å². The van der Waals surface area contributed by atoms with E-state index in [2.05, 4.69) is 21.8 Å². The number of hydrogen-bond acceptors (Lipinski definition) is 3. The lowest BCUT2D eigenvalue weighted by Gasteiger charge is -2.12. The first-order valence-corrected chi connectivity index (χ1v) is 9.94. The predicted molar refractivity (Wildman–Crippen MR) is 110 cm³/mol. The molecule has 0 saturated heterocycles. The summed E-state index contributed by atoms with van der Waals surface area (Å²) in [5, 5.41) is 9.57. The Bertz CT molecular complexity index is 836. The van der Waals surface area contributed by atoms with Crippen molar-refractivity contribution in [3.63, 3.8) is 0 Å². The van der Waals surface area contributed by atoms with Gasteiger partial charge in [0.2, 0.25) is 0 Å². The van der Waals surface area contributed by atoms with E-state index in [1.54, 1.807) is 4.68 Å². The number of nitrogens with zero attached hydrogens (tertiary/aromatic N) is 2. The molecule has 0 radical (unpaired) electrons. The maximum absolute atomic E-state index is 11.9. The van der Waals surface area contributed by atoms with Crippen molar-refractivity contribution in [1.29, 1.82) is 0 Å². The number of aryl methyl sites for hydroxylation is 1. The monoisotopic (exact) mass is 380 g/mol. The Balaban J connectivity index is 1.36. The molecule has 2 N–H and O–H groups in total. The van der Waals surface area contributed by atoms with Crippen LogP contribution in [0.25, 0.3) is 11.1 Å². The van der Waals surface area contributed by atoms with Crippen molar-refractivity contribution >= 4 is 11.8 Å². The Morgan fingerprint density at radius 3 is 2.32 bits per heavy atom. The molecule has 6 heteroatoms. The third-order valence-electron chi connectivity index (χ3n) is 5.01. The molecule has 3 rings (SSSR count). The van der Waals surface area contributed by atoms with Crippen LogP contribution in [0.5, 0.6) is 0 Å². The smallest absolute Gasteiger partial charge is 0.309 e. The first-order chi connectivity index (χ1) is 13.6. The van der Waals surface area contributed by atoms with E-state index in [9.17, 15) is 9.59 Å². The highest BCUT2D eigenvalue weighted by Gasteiger charge is 2.12. The number of aromatic nitrogens is 2. The lowest BCUT2D eigenvalue weighted by Crippen LogP contribution is -2.41. The van der Waals surface area contributed by atoms with Crippen molar-refractivity contribution in [2.24, 2.45) is 7.05 Å². The molecule has 0 atom stereocenters. The summed E-state index contributed by atoms with van der Waals surface area (Å²) in [5.74, 6) is -1.12. The van der Waals surface area contributed by atoms with Gasteiger partial charge in [0, 0.05) is 31.9 Å². The number of nitrogens with one attached hydrogen (secondary N) is 2. The number of benzene rings is 1. The van der Waals surface area contributed by atoms with Gasteiger partial charge in [0.25, 0.3) is 0 Å². The maximum atomic E-state index is 11.9. The highest BCUT2D eigenvalue weighted by molar-refractivity contribution is 6.35. The Kier molecular flexibility index (Phi) is 7.00. The SMILES string of the molecule is Cn1cc(-c2ccc(CCNC(=O)C(=O)NCCC3=CCCCC3)cc2)cn1. The molecular weight excluding hydrogens is 352 g/mol. The van der Waals surface area contributed by atoms with Crippen LogP contribution in [0.3, 0.4) is 0 Å². The van der Waals surface area contributed by atoms with Gasteiger partial charge >= 0.3 is 11.8 Å². The zero-order valence-corrected chi connectivity index (χ0v) is 16.4. The molecule has 148 valence electrons. The fourth-order valence-corrected chi connectivity index (χ4v) is 3.38. The summed E-state index contributed by atoms with van der Waals surface area (Å²) in [7, 11) is 1.89. The van der Waals surface area contributed by atoms with E-state index in [1.165, 1.54) is 18.4 Å². The molecule has 1 heterocycles. The largest absolute Gasteiger partial charge is 0.348 e. The molecule has 28 heavy (non-hydrogen) atoms. The molecule has 2 amide bonds. The normalized spacial score (nSPS) is 13.7. The molecule has 0 spiro atoms. The van der Waals surface area contributed by atoms with Gasteiger partial charge in [-0.2, -0.15) is 5.10 Å². The first kappa shape index (κ1) is 19.9. The number of allylic oxidation sites excluding steroid dienone is 1. The second-order valence-electron chi connectivity index (χ2n) is 7.22. The van der Waals surface area contributed by atoms with Crippen LogP contribution in [0.4, 0.5) is 0 Å². The van der Waals surface area contributed by atoms with Crippen LogP contribution in [0.15, 0.2) is 48.3 Å². The van der Waals surface area contributed by atoms with Crippen LogP contribution >= 0.6 is 0 Å². The fraction of sp³-hybridized carbons (Fsp3) is 0.409. The lowest BCUT2D eigenvalue weighted by atomic mass is 9.97. The minimum atomic E-state index is -0.565. The fourth-order valence-electron chi connectivity index (χ4n) is 3.38. The van der Waals surface area contributed by atoms with Crippen molar-refractivity contribution in [2.45, 2.75) is 38.5 Å². The minimum Gasteiger partial charge on any atom is -0.348 e. The van der Waals surface area contributed by atoms with Crippen LogP contribution in [0.1, 0.15) is 37.7 Å². The van der Waals surface area contributed by atoms with Gasteiger partial charge in [-0.15, -0.1) is 0 Å². The van der Waals surface area contributed by atoms with Crippen LogP contribution in [0, 0.1) is 0 Å². The Hall–Kier alpha value is -2.89. The van der Waals surface area contributed by atoms with Crippen LogP contribution in [0.2, 0.25) is 0 Å². The Labute approximate surface area is 166 Å². The quantitative estimate of drug-likeness (QED) is 0.573. The lowest BCUT2D eigenvalue weighted by molar-refractivity contribution is -0.139. The van der Waals surface area contributed by atoms with Crippen molar-refractivity contribution in [1.82, 2.24) is 20.4 Å². The molecule has 1 aliphatic carbocycles. The molecule has 1 aromatic carbocycles. The number of hydrogen-bond donors (Lipinski definition) is 2. The average Bonchev–Trinajstić information content (AvgIpc) is 3.15. The van der Waals surface area contributed by atoms with Gasteiger partial charge in [0.1, 0.15) is 0 Å². The van der Waals surface area contributed by atoms with E-state index in [1.807, 2.05) is 43.7 Å². The summed E-state index contributed by atoms with van der Waals surface area (Å²) >= 11 is 0. The summed E-state index contributed by atoms with van der Waals surface area (Å²) in [6.45, 7) is 0.956. The van der Waals surface area contributed by atoms with E-state index >= 15 is 0 Å². The predicted octanol–water partition coefficient (Wildman–Crippen LogP) is 2.75. The zero-order valence-electron chi connectivity index (χ0n) is 16.4. The van der Waals surface area contributed by atoms with E-state index in [0.717, 1.165) is 36.0 Å². The maximum Gasteiger partial charge on any atom is 0.309 e. The second-order valence-corrected chi connectivity index (χ2v) is 7.22. The summed E-state index contributed by atoms with van der Waals surface area (Å²) in [4.78, 5) is 23.8. The number of carbonyl (C=O) groups excluding carboxylic acids is 2.